The second kappa shape index (κ2) is 9.44. The van der Waals surface area contributed by atoms with Crippen LogP contribution in [0.5, 0.6) is 0 Å². The first-order chi connectivity index (χ1) is 13.1. The summed E-state index contributed by atoms with van der Waals surface area (Å²) in [6.07, 6.45) is 0.269. The maximum atomic E-state index is 13.0. The molecule has 1 aliphatic rings. The van der Waals surface area contributed by atoms with Gasteiger partial charge in [0.15, 0.2) is 0 Å². The number of rotatable bonds is 7. The van der Waals surface area contributed by atoms with E-state index in [0.717, 1.165) is 38.3 Å². The first-order valence-electron chi connectivity index (χ1n) is 9.60. The lowest BCUT2D eigenvalue weighted by atomic mass is 10.0. The van der Waals surface area contributed by atoms with Gasteiger partial charge in [-0.15, -0.1) is 11.3 Å². The molecule has 146 valence electrons. The zero-order valence-electron chi connectivity index (χ0n) is 16.0. The molecule has 1 aromatic heterocycles. The zero-order chi connectivity index (χ0) is 19.2. The average Bonchev–Trinajstić information content (AvgIpc) is 3.18. The Morgan fingerprint density at radius 2 is 1.89 bits per heavy atom. The molecule has 2 atom stereocenters. The molecular formula is C21H28FN3OS. The Balaban J connectivity index is 1.65. The van der Waals surface area contributed by atoms with Crippen molar-refractivity contribution in [2.75, 3.05) is 32.7 Å². The smallest absolute Gasteiger partial charge is 0.224 e. The van der Waals surface area contributed by atoms with E-state index in [1.807, 2.05) is 0 Å². The van der Waals surface area contributed by atoms with Crippen molar-refractivity contribution in [3.63, 3.8) is 0 Å². The van der Waals surface area contributed by atoms with Crippen molar-refractivity contribution in [1.29, 1.82) is 0 Å². The Labute approximate surface area is 165 Å². The van der Waals surface area contributed by atoms with Crippen LogP contribution >= 0.6 is 11.3 Å². The lowest BCUT2D eigenvalue weighted by Gasteiger charge is -2.41. The van der Waals surface area contributed by atoms with E-state index in [1.165, 1.54) is 17.0 Å². The van der Waals surface area contributed by atoms with Crippen LogP contribution in [0.2, 0.25) is 0 Å². The number of amides is 1. The van der Waals surface area contributed by atoms with Crippen molar-refractivity contribution < 1.29 is 9.18 Å². The second-order valence-electron chi connectivity index (χ2n) is 7.09. The SMILES string of the molecule is CCN1CCN([C@H](c2cccs2)[C@@H](C)NC(=O)Cc2ccc(F)cc2)CC1. The zero-order valence-corrected chi connectivity index (χ0v) is 16.8. The molecule has 0 spiro atoms. The number of carbonyl (C=O) groups excluding carboxylic acids is 1. The van der Waals surface area contributed by atoms with E-state index in [9.17, 15) is 9.18 Å². The van der Waals surface area contributed by atoms with Gasteiger partial charge < -0.3 is 10.2 Å². The fourth-order valence-corrected chi connectivity index (χ4v) is 4.70. The van der Waals surface area contributed by atoms with Gasteiger partial charge >= 0.3 is 0 Å². The van der Waals surface area contributed by atoms with E-state index >= 15 is 0 Å². The quantitative estimate of drug-likeness (QED) is 0.789. The van der Waals surface area contributed by atoms with E-state index in [-0.39, 0.29) is 30.2 Å². The van der Waals surface area contributed by atoms with Gasteiger partial charge in [0.25, 0.3) is 0 Å². The summed E-state index contributed by atoms with van der Waals surface area (Å²) >= 11 is 1.74. The van der Waals surface area contributed by atoms with Gasteiger partial charge in [-0.25, -0.2) is 4.39 Å². The molecule has 0 unspecified atom stereocenters. The maximum absolute atomic E-state index is 13.0. The van der Waals surface area contributed by atoms with Crippen LogP contribution in [0, 0.1) is 5.82 Å². The third kappa shape index (κ3) is 5.37. The van der Waals surface area contributed by atoms with Gasteiger partial charge in [-0.1, -0.05) is 25.1 Å². The Kier molecular flexibility index (Phi) is 6.99. The van der Waals surface area contributed by atoms with Crippen molar-refractivity contribution in [3.8, 4) is 0 Å². The highest BCUT2D eigenvalue weighted by atomic mass is 32.1. The lowest BCUT2D eigenvalue weighted by molar-refractivity contribution is -0.121. The Hall–Kier alpha value is -1.76. The summed E-state index contributed by atoms with van der Waals surface area (Å²) < 4.78 is 13.0. The van der Waals surface area contributed by atoms with Gasteiger partial charge in [0.1, 0.15) is 5.82 Å². The third-order valence-corrected chi connectivity index (χ3v) is 6.17. The number of nitrogens with zero attached hydrogens (tertiary/aromatic N) is 2. The van der Waals surface area contributed by atoms with Gasteiger partial charge in [-0.2, -0.15) is 0 Å². The minimum absolute atomic E-state index is 0.00442. The predicted molar refractivity (Wildman–Crippen MR) is 108 cm³/mol. The molecule has 4 nitrogen and oxygen atoms in total. The number of hydrogen-bond donors (Lipinski definition) is 1. The molecule has 1 fully saturated rings. The van der Waals surface area contributed by atoms with Crippen LogP contribution in [-0.2, 0) is 11.2 Å². The molecule has 0 bridgehead atoms. The number of halogens is 1. The molecule has 2 heterocycles. The number of hydrogen-bond acceptors (Lipinski definition) is 4. The summed E-state index contributed by atoms with van der Waals surface area (Å²) in [6, 6.07) is 10.5. The van der Waals surface area contributed by atoms with Crippen molar-refractivity contribution in [2.24, 2.45) is 0 Å². The van der Waals surface area contributed by atoms with Gasteiger partial charge in [-0.3, -0.25) is 9.69 Å². The summed E-state index contributed by atoms with van der Waals surface area (Å²) in [5.74, 6) is -0.306. The Bertz CT molecular complexity index is 712. The van der Waals surface area contributed by atoms with Crippen LogP contribution < -0.4 is 5.32 Å². The van der Waals surface area contributed by atoms with Crippen molar-refractivity contribution in [3.05, 3.63) is 58.0 Å². The molecule has 27 heavy (non-hydrogen) atoms. The fourth-order valence-electron chi connectivity index (χ4n) is 3.73. The number of piperazine rings is 1. The Morgan fingerprint density at radius 3 is 2.48 bits per heavy atom. The summed E-state index contributed by atoms with van der Waals surface area (Å²) in [5, 5.41) is 5.27. The van der Waals surface area contributed by atoms with Crippen molar-refractivity contribution >= 4 is 17.2 Å². The molecule has 1 saturated heterocycles. The van der Waals surface area contributed by atoms with E-state index < -0.39 is 0 Å². The fraction of sp³-hybridized carbons (Fsp3) is 0.476. The van der Waals surface area contributed by atoms with Crippen LogP contribution in [0.4, 0.5) is 4.39 Å². The number of benzene rings is 1. The molecule has 1 amide bonds. The van der Waals surface area contributed by atoms with Gasteiger partial charge in [0.05, 0.1) is 12.5 Å². The van der Waals surface area contributed by atoms with Gasteiger partial charge in [0, 0.05) is 37.1 Å². The Morgan fingerprint density at radius 1 is 1.19 bits per heavy atom. The highest BCUT2D eigenvalue weighted by Gasteiger charge is 2.30. The number of carbonyl (C=O) groups is 1. The minimum atomic E-state index is -0.281. The standard InChI is InChI=1S/C21H28FN3OS/c1-3-24-10-12-25(13-11-24)21(19-5-4-14-27-19)16(2)23-20(26)15-17-6-8-18(22)9-7-17/h4-9,14,16,21H,3,10-13,15H2,1-2H3,(H,23,26)/t16-,21+/m1/s1. The van der Waals surface area contributed by atoms with Crippen LogP contribution in [0.1, 0.15) is 30.3 Å². The van der Waals surface area contributed by atoms with Gasteiger partial charge in [0.2, 0.25) is 5.91 Å². The predicted octanol–water partition coefficient (Wildman–Crippen LogP) is 3.31. The summed E-state index contributed by atoms with van der Waals surface area (Å²) in [7, 11) is 0. The molecule has 0 saturated carbocycles. The van der Waals surface area contributed by atoms with E-state index in [0.29, 0.717) is 0 Å². The third-order valence-electron chi connectivity index (χ3n) is 5.22. The van der Waals surface area contributed by atoms with Gasteiger partial charge in [-0.05, 0) is 42.6 Å². The molecule has 1 N–H and O–H groups in total. The van der Waals surface area contributed by atoms with Crippen LogP contribution in [0.3, 0.4) is 0 Å². The first-order valence-corrected chi connectivity index (χ1v) is 10.5. The van der Waals surface area contributed by atoms with Crippen molar-refractivity contribution in [1.82, 2.24) is 15.1 Å². The van der Waals surface area contributed by atoms with Crippen LogP contribution in [0.25, 0.3) is 0 Å². The highest BCUT2D eigenvalue weighted by molar-refractivity contribution is 7.10. The minimum Gasteiger partial charge on any atom is -0.351 e. The number of thiophene rings is 1. The number of likely N-dealkylation sites (N-methyl/N-ethyl adjacent to an activating group) is 1. The summed E-state index contributed by atoms with van der Waals surface area (Å²) in [4.78, 5) is 18.8. The summed E-state index contributed by atoms with van der Waals surface area (Å²) in [6.45, 7) is 9.51. The molecular weight excluding hydrogens is 361 g/mol. The molecule has 0 aliphatic carbocycles. The average molecular weight is 390 g/mol. The maximum Gasteiger partial charge on any atom is 0.224 e. The van der Waals surface area contributed by atoms with E-state index in [2.05, 4.69) is 46.5 Å². The second-order valence-corrected chi connectivity index (χ2v) is 8.07. The molecule has 0 radical (unpaired) electrons. The normalized spacial score (nSPS) is 18.2. The lowest BCUT2D eigenvalue weighted by Crippen LogP contribution is -2.52. The van der Waals surface area contributed by atoms with Crippen molar-refractivity contribution in [2.45, 2.75) is 32.4 Å². The molecule has 1 aliphatic heterocycles. The van der Waals surface area contributed by atoms with E-state index in [4.69, 9.17) is 0 Å². The van der Waals surface area contributed by atoms with E-state index in [1.54, 1.807) is 23.5 Å². The topological polar surface area (TPSA) is 35.6 Å². The van der Waals surface area contributed by atoms with Crippen LogP contribution in [-0.4, -0.2) is 54.5 Å². The molecule has 1 aromatic carbocycles. The number of nitrogens with one attached hydrogen (secondary N) is 1. The van der Waals surface area contributed by atoms with Crippen LogP contribution in [0.15, 0.2) is 41.8 Å². The highest BCUT2D eigenvalue weighted by Crippen LogP contribution is 2.29. The largest absolute Gasteiger partial charge is 0.351 e. The first kappa shape index (κ1) is 20.0. The molecule has 6 heteroatoms. The summed E-state index contributed by atoms with van der Waals surface area (Å²) in [5.41, 5.74) is 0.824. The molecule has 3 rings (SSSR count). The monoisotopic (exact) mass is 389 g/mol. The molecule has 2 aromatic rings.